The molecule has 0 spiro atoms. The fourth-order valence-electron chi connectivity index (χ4n) is 4.10. The molecule has 2 unspecified atom stereocenters. The number of amides is 1. The molecule has 1 aromatic carbocycles. The molecule has 2 heterocycles. The van der Waals surface area contributed by atoms with Gasteiger partial charge in [-0.05, 0) is 48.6 Å². The van der Waals surface area contributed by atoms with Gasteiger partial charge in [-0.2, -0.15) is 26.3 Å². The second-order valence-corrected chi connectivity index (χ2v) is 8.14. The lowest BCUT2D eigenvalue weighted by molar-refractivity contribution is -0.138. The van der Waals surface area contributed by atoms with E-state index in [1.807, 2.05) is 4.90 Å². The minimum absolute atomic E-state index is 0.0304. The van der Waals surface area contributed by atoms with Crippen LogP contribution in [0.15, 0.2) is 42.6 Å². The first-order valence-corrected chi connectivity index (χ1v) is 10.3. The van der Waals surface area contributed by atoms with E-state index in [2.05, 4.69) is 4.98 Å². The molecule has 0 N–H and O–H groups in total. The molecule has 1 saturated heterocycles. The second kappa shape index (κ2) is 8.29. The zero-order valence-electron chi connectivity index (χ0n) is 17.0. The van der Waals surface area contributed by atoms with Crippen molar-refractivity contribution in [2.24, 2.45) is 5.92 Å². The van der Waals surface area contributed by atoms with E-state index in [1.54, 1.807) is 4.90 Å². The van der Waals surface area contributed by atoms with Crippen molar-refractivity contribution in [2.45, 2.75) is 31.1 Å². The van der Waals surface area contributed by atoms with Crippen molar-refractivity contribution in [3.63, 3.8) is 0 Å². The molecule has 2 aliphatic rings. The summed E-state index contributed by atoms with van der Waals surface area (Å²) in [7, 11) is 0. The van der Waals surface area contributed by atoms with Gasteiger partial charge in [0.05, 0.1) is 11.1 Å². The van der Waals surface area contributed by atoms with Gasteiger partial charge in [0, 0.05) is 38.3 Å². The Morgan fingerprint density at radius 3 is 2.09 bits per heavy atom. The lowest BCUT2D eigenvalue weighted by atomic mass is 10.1. The number of hydrogen-bond donors (Lipinski definition) is 0. The Morgan fingerprint density at radius 2 is 1.50 bits per heavy atom. The highest BCUT2D eigenvalue weighted by atomic mass is 19.4. The van der Waals surface area contributed by atoms with Crippen molar-refractivity contribution in [1.82, 2.24) is 9.88 Å². The van der Waals surface area contributed by atoms with Crippen LogP contribution in [-0.2, 0) is 17.1 Å². The van der Waals surface area contributed by atoms with Crippen LogP contribution in [0, 0.1) is 5.92 Å². The van der Waals surface area contributed by atoms with E-state index < -0.39 is 23.5 Å². The fraction of sp³-hybridized carbons (Fsp3) is 0.455. The molecule has 2 atom stereocenters. The predicted molar refractivity (Wildman–Crippen MR) is 105 cm³/mol. The zero-order valence-corrected chi connectivity index (χ0v) is 17.0. The number of aromatic nitrogens is 1. The summed E-state index contributed by atoms with van der Waals surface area (Å²) in [6, 6.07) is 7.27. The first kappa shape index (κ1) is 22.4. The molecule has 1 aromatic heterocycles. The maximum atomic E-state index is 12.9. The SMILES string of the molecule is O=C(C1CC1c1ccc(C(F)(F)F)cc1)N1CCCN(c2ccc(C(F)(F)F)cn2)CC1. The molecule has 2 aromatic rings. The Bertz CT molecular complexity index is 956. The van der Waals surface area contributed by atoms with Crippen molar-refractivity contribution in [1.29, 1.82) is 0 Å². The van der Waals surface area contributed by atoms with Crippen LogP contribution in [-0.4, -0.2) is 42.0 Å². The average Bonchev–Trinajstić information content (AvgIpc) is 3.56. The number of pyridine rings is 1. The number of anilines is 1. The lowest BCUT2D eigenvalue weighted by Crippen LogP contribution is -2.36. The Kier molecular flexibility index (Phi) is 5.81. The Morgan fingerprint density at radius 1 is 0.844 bits per heavy atom. The van der Waals surface area contributed by atoms with Gasteiger partial charge in [-0.1, -0.05) is 12.1 Å². The molecule has 1 aliphatic carbocycles. The number of carbonyl (C=O) groups is 1. The van der Waals surface area contributed by atoms with E-state index in [4.69, 9.17) is 0 Å². The molecule has 1 amide bonds. The van der Waals surface area contributed by atoms with Gasteiger partial charge in [-0.25, -0.2) is 4.98 Å². The summed E-state index contributed by atoms with van der Waals surface area (Å²) in [6.45, 7) is 1.95. The van der Waals surface area contributed by atoms with Crippen LogP contribution in [0.2, 0.25) is 0 Å². The van der Waals surface area contributed by atoms with Crippen LogP contribution in [0.25, 0.3) is 0 Å². The van der Waals surface area contributed by atoms with Gasteiger partial charge < -0.3 is 9.80 Å². The topological polar surface area (TPSA) is 36.4 Å². The molecule has 10 heteroatoms. The van der Waals surface area contributed by atoms with Crippen molar-refractivity contribution >= 4 is 11.7 Å². The summed E-state index contributed by atoms with van der Waals surface area (Å²) in [6.07, 6.45) is -6.78. The third-order valence-corrected chi connectivity index (χ3v) is 5.98. The molecular weight excluding hydrogens is 436 g/mol. The normalized spacial score (nSPS) is 21.9. The summed E-state index contributed by atoms with van der Waals surface area (Å²) < 4.78 is 76.4. The maximum Gasteiger partial charge on any atom is 0.417 e. The van der Waals surface area contributed by atoms with Gasteiger partial charge in [0.2, 0.25) is 5.91 Å². The van der Waals surface area contributed by atoms with Crippen molar-refractivity contribution in [3.8, 4) is 0 Å². The minimum atomic E-state index is -4.44. The molecule has 1 saturated carbocycles. The van der Waals surface area contributed by atoms with E-state index in [1.165, 1.54) is 18.2 Å². The number of benzene rings is 1. The summed E-state index contributed by atoms with van der Waals surface area (Å²) in [5, 5.41) is 0. The van der Waals surface area contributed by atoms with Gasteiger partial charge in [0.15, 0.2) is 0 Å². The summed E-state index contributed by atoms with van der Waals surface area (Å²) in [4.78, 5) is 20.4. The number of carbonyl (C=O) groups excluding carboxylic acids is 1. The molecule has 172 valence electrons. The fourth-order valence-corrected chi connectivity index (χ4v) is 4.10. The monoisotopic (exact) mass is 457 g/mol. The highest BCUT2D eigenvalue weighted by Gasteiger charge is 2.46. The van der Waals surface area contributed by atoms with Crippen LogP contribution >= 0.6 is 0 Å². The van der Waals surface area contributed by atoms with Crippen LogP contribution in [0.5, 0.6) is 0 Å². The maximum absolute atomic E-state index is 12.9. The third-order valence-electron chi connectivity index (χ3n) is 5.98. The van der Waals surface area contributed by atoms with Gasteiger partial charge in [0.1, 0.15) is 5.82 Å². The van der Waals surface area contributed by atoms with Gasteiger partial charge in [-0.3, -0.25) is 4.79 Å². The van der Waals surface area contributed by atoms with Gasteiger partial charge in [0.25, 0.3) is 0 Å². The largest absolute Gasteiger partial charge is 0.417 e. The lowest BCUT2D eigenvalue weighted by Gasteiger charge is -2.23. The van der Waals surface area contributed by atoms with E-state index in [0.717, 1.165) is 30.0 Å². The van der Waals surface area contributed by atoms with Crippen LogP contribution in [0.4, 0.5) is 32.2 Å². The van der Waals surface area contributed by atoms with Crippen molar-refractivity contribution < 1.29 is 31.1 Å². The standard InChI is InChI=1S/C22H21F6N3O/c23-21(24,25)15-4-2-14(3-5-15)17-12-18(17)20(32)31-9-1-8-30(10-11-31)19-7-6-16(13-29-19)22(26,27)28/h2-7,13,17-18H,1,8-12H2. The number of halogens is 6. The van der Waals surface area contributed by atoms with Gasteiger partial charge in [-0.15, -0.1) is 0 Å². The highest BCUT2D eigenvalue weighted by Crippen LogP contribution is 2.49. The van der Waals surface area contributed by atoms with Gasteiger partial charge >= 0.3 is 12.4 Å². The van der Waals surface area contributed by atoms with E-state index in [0.29, 0.717) is 44.8 Å². The van der Waals surface area contributed by atoms with Crippen molar-refractivity contribution in [2.75, 3.05) is 31.1 Å². The Labute approximate surface area is 180 Å². The molecule has 0 bridgehead atoms. The number of rotatable bonds is 3. The first-order valence-electron chi connectivity index (χ1n) is 10.3. The second-order valence-electron chi connectivity index (χ2n) is 8.14. The number of alkyl halides is 6. The summed E-state index contributed by atoms with van der Waals surface area (Å²) in [5.41, 5.74) is -0.799. The third kappa shape index (κ3) is 4.83. The van der Waals surface area contributed by atoms with Crippen molar-refractivity contribution in [3.05, 3.63) is 59.3 Å². The van der Waals surface area contributed by atoms with E-state index in [-0.39, 0.29) is 17.7 Å². The molecule has 2 fully saturated rings. The Hall–Kier alpha value is -2.78. The van der Waals surface area contributed by atoms with E-state index >= 15 is 0 Å². The quantitative estimate of drug-likeness (QED) is 0.612. The smallest absolute Gasteiger partial charge is 0.355 e. The zero-order chi connectivity index (χ0) is 23.1. The van der Waals surface area contributed by atoms with Crippen LogP contribution in [0.3, 0.4) is 0 Å². The van der Waals surface area contributed by atoms with Crippen LogP contribution < -0.4 is 4.90 Å². The van der Waals surface area contributed by atoms with E-state index in [9.17, 15) is 31.1 Å². The molecule has 32 heavy (non-hydrogen) atoms. The number of hydrogen-bond acceptors (Lipinski definition) is 3. The molecule has 4 rings (SSSR count). The molecular formula is C22H21F6N3O. The molecule has 0 radical (unpaired) electrons. The summed E-state index contributed by atoms with van der Waals surface area (Å²) >= 11 is 0. The van der Waals surface area contributed by atoms with Crippen LogP contribution in [0.1, 0.15) is 35.4 Å². The minimum Gasteiger partial charge on any atom is -0.355 e. The average molecular weight is 457 g/mol. The Balaban J connectivity index is 1.34. The number of nitrogens with zero attached hydrogens (tertiary/aromatic N) is 3. The predicted octanol–water partition coefficient (Wildman–Crippen LogP) is 4.96. The highest BCUT2D eigenvalue weighted by molar-refractivity contribution is 5.83. The first-order chi connectivity index (χ1) is 15.0. The molecule has 1 aliphatic heterocycles. The summed E-state index contributed by atoms with van der Waals surface area (Å²) in [5.74, 6) is 0.0710. The molecule has 4 nitrogen and oxygen atoms in total.